The van der Waals surface area contributed by atoms with Crippen molar-refractivity contribution in [1.82, 2.24) is 5.32 Å². The fourth-order valence-electron chi connectivity index (χ4n) is 5.06. The number of anilines is 1. The molecule has 2 heteroatoms. The summed E-state index contributed by atoms with van der Waals surface area (Å²) < 4.78 is 0. The van der Waals surface area contributed by atoms with Crippen LogP contribution in [0.5, 0.6) is 0 Å². The van der Waals surface area contributed by atoms with Crippen LogP contribution >= 0.6 is 0 Å². The summed E-state index contributed by atoms with van der Waals surface area (Å²) in [5.74, 6) is 0.944. The van der Waals surface area contributed by atoms with Crippen LogP contribution in [-0.2, 0) is 0 Å². The maximum absolute atomic E-state index is 3.96. The highest BCUT2D eigenvalue weighted by molar-refractivity contribution is 5.46. The first-order valence-electron chi connectivity index (χ1n) is 9.74. The van der Waals surface area contributed by atoms with Gasteiger partial charge < -0.3 is 10.2 Å². The summed E-state index contributed by atoms with van der Waals surface area (Å²) in [7, 11) is 0. The fraction of sp³-hybridized carbons (Fsp3) is 0.714. The minimum absolute atomic E-state index is 0.437. The van der Waals surface area contributed by atoms with Crippen molar-refractivity contribution in [2.45, 2.75) is 63.8 Å². The van der Waals surface area contributed by atoms with E-state index in [1.165, 1.54) is 76.7 Å². The van der Waals surface area contributed by atoms with E-state index in [1.807, 2.05) is 0 Å². The van der Waals surface area contributed by atoms with Crippen molar-refractivity contribution in [3.05, 3.63) is 30.3 Å². The molecule has 1 aromatic rings. The van der Waals surface area contributed by atoms with Crippen molar-refractivity contribution in [1.29, 1.82) is 0 Å². The highest BCUT2D eigenvalue weighted by atomic mass is 15.1. The molecule has 0 amide bonds. The van der Waals surface area contributed by atoms with Crippen molar-refractivity contribution < 1.29 is 0 Å². The first-order valence-corrected chi connectivity index (χ1v) is 9.74. The number of rotatable bonds is 4. The number of piperidine rings is 1. The van der Waals surface area contributed by atoms with Gasteiger partial charge in [-0.3, -0.25) is 0 Å². The molecule has 0 aromatic heterocycles. The average molecular weight is 313 g/mol. The number of hydrogen-bond acceptors (Lipinski definition) is 2. The summed E-state index contributed by atoms with van der Waals surface area (Å²) in [4.78, 5) is 2.58. The molecule has 2 aliphatic carbocycles. The second-order valence-electron chi connectivity index (χ2n) is 8.59. The molecule has 1 N–H and O–H groups in total. The van der Waals surface area contributed by atoms with Crippen LogP contribution in [0.25, 0.3) is 0 Å². The van der Waals surface area contributed by atoms with Crippen LogP contribution in [0.2, 0.25) is 0 Å². The van der Waals surface area contributed by atoms with E-state index >= 15 is 0 Å². The Bertz CT molecular complexity index is 510. The van der Waals surface area contributed by atoms with E-state index in [0.29, 0.717) is 11.0 Å². The zero-order valence-corrected chi connectivity index (χ0v) is 14.7. The Labute approximate surface area is 141 Å². The summed E-state index contributed by atoms with van der Waals surface area (Å²) in [6, 6.07) is 11.0. The maximum atomic E-state index is 3.96. The molecule has 3 fully saturated rings. The average Bonchev–Trinajstić information content (AvgIpc) is 3.27. The lowest BCUT2D eigenvalue weighted by molar-refractivity contribution is 0.241. The lowest BCUT2D eigenvalue weighted by Gasteiger charge is -2.37. The van der Waals surface area contributed by atoms with Gasteiger partial charge in [-0.05, 0) is 69.0 Å². The summed E-state index contributed by atoms with van der Waals surface area (Å²) in [6.45, 7) is 6.22. The molecule has 0 bridgehead atoms. The molecule has 1 aromatic carbocycles. The molecule has 1 heterocycles. The molecule has 1 spiro atoms. The molecule has 23 heavy (non-hydrogen) atoms. The van der Waals surface area contributed by atoms with E-state index in [4.69, 9.17) is 0 Å². The number of hydrogen-bond donors (Lipinski definition) is 1. The van der Waals surface area contributed by atoms with Gasteiger partial charge in [-0.1, -0.05) is 37.5 Å². The molecule has 0 radical (unpaired) electrons. The monoisotopic (exact) mass is 312 g/mol. The van der Waals surface area contributed by atoms with Crippen molar-refractivity contribution in [2.24, 2.45) is 11.3 Å². The first kappa shape index (κ1) is 15.5. The Morgan fingerprint density at radius 2 is 1.70 bits per heavy atom. The number of benzene rings is 1. The largest absolute Gasteiger partial charge is 0.371 e. The molecule has 126 valence electrons. The minimum Gasteiger partial charge on any atom is -0.371 e. The van der Waals surface area contributed by atoms with Gasteiger partial charge in [0.15, 0.2) is 0 Å². The number of nitrogens with one attached hydrogen (secondary N) is 1. The Morgan fingerprint density at radius 3 is 2.39 bits per heavy atom. The highest BCUT2D eigenvalue weighted by Crippen LogP contribution is 2.59. The number of para-hydroxylation sites is 1. The van der Waals surface area contributed by atoms with Gasteiger partial charge >= 0.3 is 0 Å². The van der Waals surface area contributed by atoms with Crippen LogP contribution in [0.15, 0.2) is 30.3 Å². The quantitative estimate of drug-likeness (QED) is 0.873. The summed E-state index contributed by atoms with van der Waals surface area (Å²) in [5.41, 5.74) is 2.53. The third-order valence-electron chi connectivity index (χ3n) is 6.97. The predicted molar refractivity (Wildman–Crippen MR) is 97.9 cm³/mol. The van der Waals surface area contributed by atoms with Crippen molar-refractivity contribution in [2.75, 3.05) is 24.5 Å². The van der Waals surface area contributed by atoms with Gasteiger partial charge in [0.05, 0.1) is 0 Å². The lowest BCUT2D eigenvalue weighted by Crippen LogP contribution is -2.45. The fourth-order valence-corrected chi connectivity index (χ4v) is 5.06. The minimum atomic E-state index is 0.437. The van der Waals surface area contributed by atoms with Gasteiger partial charge in [-0.25, -0.2) is 0 Å². The smallest absolute Gasteiger partial charge is 0.0366 e. The first-order chi connectivity index (χ1) is 11.2. The predicted octanol–water partition coefficient (Wildman–Crippen LogP) is 4.61. The molecule has 1 saturated heterocycles. The van der Waals surface area contributed by atoms with Crippen molar-refractivity contribution in [3.63, 3.8) is 0 Å². The van der Waals surface area contributed by atoms with Crippen LogP contribution in [0.4, 0.5) is 5.69 Å². The van der Waals surface area contributed by atoms with Gasteiger partial charge in [-0.15, -0.1) is 0 Å². The molecule has 1 atom stereocenters. The van der Waals surface area contributed by atoms with Crippen molar-refractivity contribution in [3.8, 4) is 0 Å². The van der Waals surface area contributed by atoms with E-state index in [2.05, 4.69) is 47.5 Å². The molecule has 2 nitrogen and oxygen atoms in total. The van der Waals surface area contributed by atoms with Crippen LogP contribution in [0.1, 0.15) is 58.3 Å². The lowest BCUT2D eigenvalue weighted by atomic mass is 9.83. The molecule has 1 unspecified atom stereocenters. The van der Waals surface area contributed by atoms with Gasteiger partial charge in [-0.2, -0.15) is 0 Å². The van der Waals surface area contributed by atoms with Gasteiger partial charge in [0.25, 0.3) is 0 Å². The zero-order chi connectivity index (χ0) is 15.8. The second-order valence-corrected chi connectivity index (χ2v) is 8.59. The summed E-state index contributed by atoms with van der Waals surface area (Å²) >= 11 is 0. The van der Waals surface area contributed by atoms with Crippen LogP contribution in [0.3, 0.4) is 0 Å². The Hall–Kier alpha value is -1.02. The molecule has 3 aliphatic rings. The highest BCUT2D eigenvalue weighted by Gasteiger charge is 2.54. The third kappa shape index (κ3) is 3.28. The standard InChI is InChI=1S/C21H32N2/c1-20(10-6-3-7-11-20)22-17-18-16-21(18)12-14-23(15-13-21)19-8-4-2-5-9-19/h2,4-5,8-9,18,22H,3,6-7,10-17H2,1H3. The normalized spacial score (nSPS) is 28.7. The summed E-state index contributed by atoms with van der Waals surface area (Å²) in [5, 5.41) is 3.96. The third-order valence-corrected chi connectivity index (χ3v) is 6.97. The number of nitrogens with zero attached hydrogens (tertiary/aromatic N) is 1. The Balaban J connectivity index is 1.26. The molecule has 2 saturated carbocycles. The van der Waals surface area contributed by atoms with Gasteiger partial charge in [0, 0.05) is 24.3 Å². The van der Waals surface area contributed by atoms with E-state index in [9.17, 15) is 0 Å². The van der Waals surface area contributed by atoms with E-state index in [1.54, 1.807) is 0 Å². The van der Waals surface area contributed by atoms with Crippen LogP contribution in [-0.4, -0.2) is 25.2 Å². The second kappa shape index (κ2) is 6.12. The van der Waals surface area contributed by atoms with E-state index in [-0.39, 0.29) is 0 Å². The maximum Gasteiger partial charge on any atom is 0.0366 e. The topological polar surface area (TPSA) is 15.3 Å². The van der Waals surface area contributed by atoms with Crippen molar-refractivity contribution >= 4 is 5.69 Å². The molecule has 4 rings (SSSR count). The van der Waals surface area contributed by atoms with Gasteiger partial charge in [0.1, 0.15) is 0 Å². The van der Waals surface area contributed by atoms with E-state index in [0.717, 1.165) is 5.92 Å². The van der Waals surface area contributed by atoms with Crippen LogP contribution < -0.4 is 10.2 Å². The summed E-state index contributed by atoms with van der Waals surface area (Å²) in [6.07, 6.45) is 11.3. The SMILES string of the molecule is CC1(NCC2CC23CCN(c2ccccc2)CC3)CCCCC1. The molecular weight excluding hydrogens is 280 g/mol. The molecular formula is C21H32N2. The Morgan fingerprint density at radius 1 is 1.00 bits per heavy atom. The Kier molecular flexibility index (Phi) is 4.13. The zero-order valence-electron chi connectivity index (χ0n) is 14.7. The van der Waals surface area contributed by atoms with E-state index < -0.39 is 0 Å². The van der Waals surface area contributed by atoms with Gasteiger partial charge in [0.2, 0.25) is 0 Å². The molecule has 1 aliphatic heterocycles. The van der Waals surface area contributed by atoms with Crippen LogP contribution in [0, 0.1) is 11.3 Å².